The SMILES string of the molecule is NC(=Nc1cccc(Oc2ccccc2)c1)N1CCC(F)(F)CC1. The molecule has 0 aliphatic carbocycles. The van der Waals surface area contributed by atoms with Crippen molar-refractivity contribution < 1.29 is 13.5 Å². The van der Waals surface area contributed by atoms with Crippen molar-refractivity contribution >= 4 is 11.6 Å². The summed E-state index contributed by atoms with van der Waals surface area (Å²) in [6.45, 7) is 0.422. The summed E-state index contributed by atoms with van der Waals surface area (Å²) >= 11 is 0. The van der Waals surface area contributed by atoms with Crippen molar-refractivity contribution in [2.75, 3.05) is 13.1 Å². The number of halogens is 2. The first kappa shape index (κ1) is 16.2. The van der Waals surface area contributed by atoms with Crippen molar-refractivity contribution in [3.8, 4) is 11.5 Å². The highest BCUT2D eigenvalue weighted by atomic mass is 19.3. The first-order valence-electron chi connectivity index (χ1n) is 7.82. The van der Waals surface area contributed by atoms with Crippen LogP contribution in [0.25, 0.3) is 0 Å². The smallest absolute Gasteiger partial charge is 0.251 e. The standard InChI is InChI=1S/C18H19F2N3O/c19-18(20)9-11-23(12-10-18)17(21)22-14-5-4-8-16(13-14)24-15-6-2-1-3-7-15/h1-8,13H,9-12H2,(H2,21,22). The lowest BCUT2D eigenvalue weighted by molar-refractivity contribution is -0.0436. The quantitative estimate of drug-likeness (QED) is 0.679. The van der Waals surface area contributed by atoms with Gasteiger partial charge in [-0.1, -0.05) is 24.3 Å². The maximum absolute atomic E-state index is 13.2. The highest BCUT2D eigenvalue weighted by molar-refractivity contribution is 5.81. The summed E-state index contributed by atoms with van der Waals surface area (Å²) in [7, 11) is 0. The van der Waals surface area contributed by atoms with E-state index in [9.17, 15) is 8.78 Å². The summed E-state index contributed by atoms with van der Waals surface area (Å²) in [5.74, 6) is -0.979. The van der Waals surface area contributed by atoms with Crippen LogP contribution in [0.4, 0.5) is 14.5 Å². The molecule has 1 aliphatic heterocycles. The zero-order chi connectivity index (χ0) is 17.0. The van der Waals surface area contributed by atoms with Gasteiger partial charge in [0.15, 0.2) is 5.96 Å². The fraction of sp³-hybridized carbons (Fsp3) is 0.278. The van der Waals surface area contributed by atoms with Gasteiger partial charge in [0.25, 0.3) is 5.92 Å². The largest absolute Gasteiger partial charge is 0.457 e. The fourth-order valence-electron chi connectivity index (χ4n) is 2.51. The normalized spacial score (nSPS) is 17.6. The lowest BCUT2D eigenvalue weighted by Gasteiger charge is -2.32. The Balaban J connectivity index is 1.69. The number of hydrogen-bond donors (Lipinski definition) is 1. The van der Waals surface area contributed by atoms with Crippen LogP contribution in [0.15, 0.2) is 59.6 Å². The van der Waals surface area contributed by atoms with Crippen molar-refractivity contribution in [1.29, 1.82) is 0 Å². The number of piperidine rings is 1. The number of hydrogen-bond acceptors (Lipinski definition) is 2. The molecule has 1 saturated heterocycles. The molecule has 126 valence electrons. The predicted molar refractivity (Wildman–Crippen MR) is 90.0 cm³/mol. The summed E-state index contributed by atoms with van der Waals surface area (Å²) in [5.41, 5.74) is 6.59. The van der Waals surface area contributed by atoms with Crippen LogP contribution >= 0.6 is 0 Å². The van der Waals surface area contributed by atoms with E-state index in [2.05, 4.69) is 4.99 Å². The Bertz CT molecular complexity index is 709. The third-order valence-electron chi connectivity index (χ3n) is 3.86. The molecule has 0 spiro atoms. The summed E-state index contributed by atoms with van der Waals surface area (Å²) < 4.78 is 32.2. The lowest BCUT2D eigenvalue weighted by Crippen LogP contribution is -2.45. The zero-order valence-electron chi connectivity index (χ0n) is 13.2. The minimum atomic E-state index is -2.60. The number of rotatable bonds is 3. The molecule has 1 aliphatic rings. The van der Waals surface area contributed by atoms with Gasteiger partial charge in [-0.2, -0.15) is 0 Å². The monoisotopic (exact) mass is 331 g/mol. The molecule has 0 amide bonds. The number of nitrogens with two attached hydrogens (primary N) is 1. The first-order chi connectivity index (χ1) is 11.5. The zero-order valence-corrected chi connectivity index (χ0v) is 13.2. The van der Waals surface area contributed by atoms with E-state index in [1.807, 2.05) is 42.5 Å². The highest BCUT2D eigenvalue weighted by Gasteiger charge is 2.34. The van der Waals surface area contributed by atoms with Gasteiger partial charge in [0.1, 0.15) is 11.5 Å². The molecular formula is C18H19F2N3O. The van der Waals surface area contributed by atoms with Crippen LogP contribution in [0.3, 0.4) is 0 Å². The molecule has 3 rings (SSSR count). The minimum Gasteiger partial charge on any atom is -0.457 e. The van der Waals surface area contributed by atoms with Crippen molar-refractivity contribution in [3.63, 3.8) is 0 Å². The van der Waals surface area contributed by atoms with Gasteiger partial charge >= 0.3 is 0 Å². The number of guanidine groups is 1. The molecule has 2 N–H and O–H groups in total. The Morgan fingerprint density at radius 3 is 2.38 bits per heavy atom. The van der Waals surface area contributed by atoms with E-state index in [4.69, 9.17) is 10.5 Å². The van der Waals surface area contributed by atoms with Gasteiger partial charge in [0.2, 0.25) is 0 Å². The average Bonchev–Trinajstić information content (AvgIpc) is 2.56. The van der Waals surface area contributed by atoms with E-state index in [1.54, 1.807) is 17.0 Å². The van der Waals surface area contributed by atoms with Gasteiger partial charge in [-0.15, -0.1) is 0 Å². The fourth-order valence-corrected chi connectivity index (χ4v) is 2.51. The van der Waals surface area contributed by atoms with Gasteiger partial charge in [-0.3, -0.25) is 0 Å². The summed E-state index contributed by atoms with van der Waals surface area (Å²) in [5, 5.41) is 0. The Morgan fingerprint density at radius 1 is 1.00 bits per heavy atom. The van der Waals surface area contributed by atoms with E-state index in [0.29, 0.717) is 11.4 Å². The molecule has 0 bridgehead atoms. The van der Waals surface area contributed by atoms with Gasteiger partial charge in [-0.05, 0) is 24.3 Å². The molecule has 1 heterocycles. The van der Waals surface area contributed by atoms with Gasteiger partial charge in [0.05, 0.1) is 5.69 Å². The van der Waals surface area contributed by atoms with Gasteiger partial charge in [0, 0.05) is 32.0 Å². The van der Waals surface area contributed by atoms with Crippen molar-refractivity contribution in [2.45, 2.75) is 18.8 Å². The molecule has 0 unspecified atom stereocenters. The predicted octanol–water partition coefficient (Wildman–Crippen LogP) is 4.16. The van der Waals surface area contributed by atoms with Gasteiger partial charge in [-0.25, -0.2) is 13.8 Å². The van der Waals surface area contributed by atoms with Crippen LogP contribution in [0.1, 0.15) is 12.8 Å². The molecule has 0 atom stereocenters. The number of para-hydroxylation sites is 1. The highest BCUT2D eigenvalue weighted by Crippen LogP contribution is 2.28. The molecule has 0 saturated carbocycles. The van der Waals surface area contributed by atoms with Crippen molar-refractivity contribution in [2.24, 2.45) is 10.7 Å². The maximum Gasteiger partial charge on any atom is 0.251 e. The van der Waals surface area contributed by atoms with Crippen LogP contribution < -0.4 is 10.5 Å². The molecule has 4 nitrogen and oxygen atoms in total. The van der Waals surface area contributed by atoms with Crippen LogP contribution in [-0.2, 0) is 0 Å². The van der Waals surface area contributed by atoms with Crippen molar-refractivity contribution in [3.05, 3.63) is 54.6 Å². The molecule has 0 radical (unpaired) electrons. The summed E-state index contributed by atoms with van der Waals surface area (Å²) in [6, 6.07) is 16.6. The molecule has 2 aromatic rings. The summed E-state index contributed by atoms with van der Waals surface area (Å²) in [6.07, 6.45) is -0.388. The minimum absolute atomic E-state index is 0.194. The lowest BCUT2D eigenvalue weighted by atomic mass is 10.1. The van der Waals surface area contributed by atoms with Crippen LogP contribution in [0.2, 0.25) is 0 Å². The van der Waals surface area contributed by atoms with Crippen LogP contribution in [0, 0.1) is 0 Å². The van der Waals surface area contributed by atoms with Crippen molar-refractivity contribution in [1.82, 2.24) is 4.90 Å². The number of likely N-dealkylation sites (tertiary alicyclic amines) is 1. The third-order valence-corrected chi connectivity index (χ3v) is 3.86. The van der Waals surface area contributed by atoms with Gasteiger partial charge < -0.3 is 15.4 Å². The number of ether oxygens (including phenoxy) is 1. The van der Waals surface area contributed by atoms with E-state index in [-0.39, 0.29) is 31.9 Å². The third kappa shape index (κ3) is 4.22. The Morgan fingerprint density at radius 2 is 1.67 bits per heavy atom. The molecule has 0 aromatic heterocycles. The second-order valence-electron chi connectivity index (χ2n) is 5.73. The number of alkyl halides is 2. The maximum atomic E-state index is 13.2. The molecule has 24 heavy (non-hydrogen) atoms. The van der Waals surface area contributed by atoms with E-state index < -0.39 is 5.92 Å². The van der Waals surface area contributed by atoms with Crippen LogP contribution in [-0.4, -0.2) is 29.9 Å². The van der Waals surface area contributed by atoms with Crippen LogP contribution in [0.5, 0.6) is 11.5 Å². The second kappa shape index (κ2) is 6.86. The number of aliphatic imine (C=N–C) groups is 1. The van der Waals surface area contributed by atoms with E-state index >= 15 is 0 Å². The number of benzene rings is 2. The topological polar surface area (TPSA) is 50.9 Å². The molecule has 1 fully saturated rings. The first-order valence-corrected chi connectivity index (χ1v) is 7.82. The van der Waals surface area contributed by atoms with E-state index in [0.717, 1.165) is 5.75 Å². The average molecular weight is 331 g/mol. The summed E-state index contributed by atoms with van der Waals surface area (Å²) in [4.78, 5) is 6.01. The second-order valence-corrected chi connectivity index (χ2v) is 5.73. The van der Waals surface area contributed by atoms with E-state index in [1.165, 1.54) is 0 Å². The number of nitrogens with zero attached hydrogens (tertiary/aromatic N) is 2. The Labute approximate surface area is 139 Å². The molecule has 2 aromatic carbocycles. The Kier molecular flexibility index (Phi) is 4.64. The molecule has 6 heteroatoms. The molecular weight excluding hydrogens is 312 g/mol. The Hall–Kier alpha value is -2.63.